The van der Waals surface area contributed by atoms with Gasteiger partial charge in [0.15, 0.2) is 5.82 Å². The zero-order valence-electron chi connectivity index (χ0n) is 10.2. The summed E-state index contributed by atoms with van der Waals surface area (Å²) in [7, 11) is 0. The van der Waals surface area contributed by atoms with Crippen molar-refractivity contribution < 1.29 is 9.50 Å². The van der Waals surface area contributed by atoms with Crippen molar-refractivity contribution in [1.29, 1.82) is 0 Å². The van der Waals surface area contributed by atoms with Gasteiger partial charge in [-0.2, -0.15) is 0 Å². The Morgan fingerprint density at radius 3 is 2.15 bits per heavy atom. The molecule has 0 saturated heterocycles. The molecule has 2 aromatic rings. The molecule has 1 unspecified atom stereocenters. The summed E-state index contributed by atoms with van der Waals surface area (Å²) in [5.74, 6) is -0.655. The third-order valence-electron chi connectivity index (χ3n) is 2.74. The van der Waals surface area contributed by atoms with Crippen LogP contribution in [0.4, 0.5) is 10.1 Å². The number of halogens is 4. The highest BCUT2D eigenvalue weighted by Crippen LogP contribution is 2.27. The summed E-state index contributed by atoms with van der Waals surface area (Å²) in [6.07, 6.45) is -0.727. The molecule has 0 aliphatic heterocycles. The molecule has 0 aromatic heterocycles. The first kappa shape index (κ1) is 15.4. The van der Waals surface area contributed by atoms with Crippen molar-refractivity contribution in [3.63, 3.8) is 0 Å². The summed E-state index contributed by atoms with van der Waals surface area (Å²) < 4.78 is 13.3. The lowest BCUT2D eigenvalue weighted by molar-refractivity contribution is 0.191. The molecule has 2 nitrogen and oxygen atoms in total. The largest absolute Gasteiger partial charge is 0.387 e. The van der Waals surface area contributed by atoms with E-state index in [0.717, 1.165) is 5.56 Å². The third kappa shape index (κ3) is 3.76. The molecule has 0 aliphatic rings. The fourth-order valence-corrected chi connectivity index (χ4v) is 2.29. The van der Waals surface area contributed by atoms with Gasteiger partial charge in [-0.15, -0.1) is 0 Å². The Bertz CT molecular complexity index is 581. The van der Waals surface area contributed by atoms with Gasteiger partial charge in [-0.1, -0.05) is 46.9 Å². The Labute approximate surface area is 131 Å². The monoisotopic (exact) mass is 333 g/mol. The number of nitrogens with one attached hydrogen (secondary N) is 1. The zero-order valence-corrected chi connectivity index (χ0v) is 12.5. The molecule has 0 bridgehead atoms. The number of aliphatic hydroxyl groups excluding tert-OH is 1. The van der Waals surface area contributed by atoms with Crippen LogP contribution in [-0.2, 0) is 0 Å². The highest BCUT2D eigenvalue weighted by atomic mass is 35.5. The molecule has 0 heterocycles. The van der Waals surface area contributed by atoms with Crippen molar-refractivity contribution in [3.8, 4) is 0 Å². The van der Waals surface area contributed by atoms with E-state index in [9.17, 15) is 9.50 Å². The minimum absolute atomic E-state index is 0.0685. The second-order valence-corrected chi connectivity index (χ2v) is 5.45. The van der Waals surface area contributed by atoms with Crippen LogP contribution in [0.1, 0.15) is 11.7 Å². The Balaban J connectivity index is 2.03. The third-order valence-corrected chi connectivity index (χ3v) is 3.54. The standard InChI is InChI=1S/C14H11Cl3FNO/c15-9-3-1-8(2-4-9)13(20)7-19-10-5-11(16)14(18)12(17)6-10/h1-6,13,19-20H,7H2. The van der Waals surface area contributed by atoms with Crippen molar-refractivity contribution in [2.45, 2.75) is 6.10 Å². The maximum Gasteiger partial charge on any atom is 0.160 e. The average molecular weight is 335 g/mol. The molecule has 0 saturated carbocycles. The van der Waals surface area contributed by atoms with Gasteiger partial charge in [0.25, 0.3) is 0 Å². The van der Waals surface area contributed by atoms with Crippen molar-refractivity contribution in [3.05, 3.63) is 62.8 Å². The Morgan fingerprint density at radius 1 is 1.05 bits per heavy atom. The molecule has 0 radical (unpaired) electrons. The van der Waals surface area contributed by atoms with Crippen LogP contribution in [0.3, 0.4) is 0 Å². The van der Waals surface area contributed by atoms with E-state index >= 15 is 0 Å². The minimum atomic E-state index is -0.727. The smallest absolute Gasteiger partial charge is 0.160 e. The molecule has 2 aromatic carbocycles. The SMILES string of the molecule is OC(CNc1cc(Cl)c(F)c(Cl)c1)c1ccc(Cl)cc1. The van der Waals surface area contributed by atoms with Gasteiger partial charge in [-0.3, -0.25) is 0 Å². The number of hydrogen-bond donors (Lipinski definition) is 2. The maximum absolute atomic E-state index is 13.3. The second kappa shape index (κ2) is 6.64. The topological polar surface area (TPSA) is 32.3 Å². The Hall–Kier alpha value is -1.00. The quantitative estimate of drug-likeness (QED) is 0.777. The van der Waals surface area contributed by atoms with E-state index < -0.39 is 11.9 Å². The highest BCUT2D eigenvalue weighted by molar-refractivity contribution is 6.35. The summed E-state index contributed by atoms with van der Waals surface area (Å²) in [4.78, 5) is 0. The van der Waals surface area contributed by atoms with E-state index in [1.165, 1.54) is 12.1 Å². The van der Waals surface area contributed by atoms with Crippen LogP contribution >= 0.6 is 34.8 Å². The average Bonchev–Trinajstić information content (AvgIpc) is 2.42. The molecule has 20 heavy (non-hydrogen) atoms. The Kier molecular flexibility index (Phi) is 5.11. The van der Waals surface area contributed by atoms with Crippen LogP contribution in [-0.4, -0.2) is 11.7 Å². The van der Waals surface area contributed by atoms with Gasteiger partial charge in [-0.25, -0.2) is 4.39 Å². The molecule has 1 atom stereocenters. The summed E-state index contributed by atoms with van der Waals surface area (Å²) >= 11 is 17.2. The van der Waals surface area contributed by atoms with Gasteiger partial charge in [0.2, 0.25) is 0 Å². The second-order valence-electron chi connectivity index (χ2n) is 4.20. The Morgan fingerprint density at radius 2 is 1.60 bits per heavy atom. The molecular weight excluding hydrogens is 324 g/mol. The molecule has 6 heteroatoms. The summed E-state index contributed by atoms with van der Waals surface area (Å²) in [5, 5.41) is 13.4. The van der Waals surface area contributed by atoms with Crippen LogP contribution in [0.15, 0.2) is 36.4 Å². The lowest BCUT2D eigenvalue weighted by Gasteiger charge is -2.14. The van der Waals surface area contributed by atoms with Crippen LogP contribution in [0.5, 0.6) is 0 Å². The molecule has 0 amide bonds. The van der Waals surface area contributed by atoms with E-state index in [1.54, 1.807) is 24.3 Å². The number of aliphatic hydroxyl groups is 1. The number of hydrogen-bond acceptors (Lipinski definition) is 2. The predicted octanol–water partition coefficient (Wildman–Crippen LogP) is 4.93. The highest BCUT2D eigenvalue weighted by Gasteiger charge is 2.10. The van der Waals surface area contributed by atoms with Crippen LogP contribution in [0, 0.1) is 5.82 Å². The first-order valence-electron chi connectivity index (χ1n) is 5.79. The first-order valence-corrected chi connectivity index (χ1v) is 6.92. The van der Waals surface area contributed by atoms with Crippen LogP contribution in [0.25, 0.3) is 0 Å². The normalized spacial score (nSPS) is 12.2. The van der Waals surface area contributed by atoms with E-state index in [0.29, 0.717) is 10.7 Å². The maximum atomic E-state index is 13.3. The zero-order chi connectivity index (χ0) is 14.7. The fraction of sp³-hybridized carbons (Fsp3) is 0.143. The minimum Gasteiger partial charge on any atom is -0.387 e. The van der Waals surface area contributed by atoms with Crippen LogP contribution in [0.2, 0.25) is 15.1 Å². The summed E-state index contributed by atoms with van der Waals surface area (Å²) in [6, 6.07) is 9.70. The van der Waals surface area contributed by atoms with Gasteiger partial charge in [0.1, 0.15) is 0 Å². The molecule has 106 valence electrons. The van der Waals surface area contributed by atoms with E-state index in [-0.39, 0.29) is 16.6 Å². The summed E-state index contributed by atoms with van der Waals surface area (Å²) in [6.45, 7) is 0.236. The van der Waals surface area contributed by atoms with Gasteiger partial charge < -0.3 is 10.4 Å². The van der Waals surface area contributed by atoms with E-state index in [1.807, 2.05) is 0 Å². The number of rotatable bonds is 4. The van der Waals surface area contributed by atoms with E-state index in [4.69, 9.17) is 34.8 Å². The molecule has 2 rings (SSSR count). The molecular formula is C14H11Cl3FNO. The lowest BCUT2D eigenvalue weighted by Crippen LogP contribution is -2.12. The summed E-state index contributed by atoms with van der Waals surface area (Å²) in [5.41, 5.74) is 1.26. The van der Waals surface area contributed by atoms with Crippen molar-refractivity contribution in [2.24, 2.45) is 0 Å². The molecule has 2 N–H and O–H groups in total. The van der Waals surface area contributed by atoms with Crippen molar-refractivity contribution >= 4 is 40.5 Å². The van der Waals surface area contributed by atoms with Crippen molar-refractivity contribution in [2.75, 3.05) is 11.9 Å². The number of anilines is 1. The van der Waals surface area contributed by atoms with E-state index in [2.05, 4.69) is 5.32 Å². The molecule has 0 fully saturated rings. The van der Waals surface area contributed by atoms with Gasteiger partial charge in [0, 0.05) is 17.3 Å². The van der Waals surface area contributed by atoms with Gasteiger partial charge in [0.05, 0.1) is 16.1 Å². The van der Waals surface area contributed by atoms with Gasteiger partial charge >= 0.3 is 0 Å². The molecule has 0 spiro atoms. The first-order chi connectivity index (χ1) is 9.47. The number of benzene rings is 2. The fourth-order valence-electron chi connectivity index (χ4n) is 1.67. The van der Waals surface area contributed by atoms with Gasteiger partial charge in [-0.05, 0) is 29.8 Å². The lowest BCUT2D eigenvalue weighted by atomic mass is 10.1. The van der Waals surface area contributed by atoms with Crippen molar-refractivity contribution in [1.82, 2.24) is 0 Å². The van der Waals surface area contributed by atoms with Crippen LogP contribution < -0.4 is 5.32 Å². The molecule has 0 aliphatic carbocycles. The predicted molar refractivity (Wildman–Crippen MR) is 81.3 cm³/mol.